The molecule has 2 rings (SSSR count). The zero-order valence-corrected chi connectivity index (χ0v) is 20.2. The van der Waals surface area contributed by atoms with Gasteiger partial charge in [-0.05, 0) is 34.9 Å². The lowest BCUT2D eigenvalue weighted by Crippen LogP contribution is -2.43. The van der Waals surface area contributed by atoms with Crippen LogP contribution in [0.15, 0.2) is 36.4 Å². The second-order valence-electron chi connectivity index (χ2n) is 7.01. The number of carbonyl (C=O) groups excluding carboxylic acids is 2. The monoisotopic (exact) mass is 580 g/mol. The maximum atomic E-state index is 13.6. The summed E-state index contributed by atoms with van der Waals surface area (Å²) in [5.74, 6) is -4.87. The second kappa shape index (κ2) is 11.7. The Balaban J connectivity index is 2.13. The summed E-state index contributed by atoms with van der Waals surface area (Å²) in [6.07, 6.45) is -7.33. The third kappa shape index (κ3) is 8.79. The van der Waals surface area contributed by atoms with Gasteiger partial charge in [-0.2, -0.15) is 26.3 Å². The summed E-state index contributed by atoms with van der Waals surface area (Å²) in [4.78, 5) is 23.0. The highest BCUT2D eigenvalue weighted by Crippen LogP contribution is 2.41. The molecular formula is C21H14Cl4F6N2O2. The molecule has 4 nitrogen and oxygen atoms in total. The van der Waals surface area contributed by atoms with Crippen LogP contribution in [0, 0.1) is 0 Å². The molecule has 0 aliphatic heterocycles. The van der Waals surface area contributed by atoms with Crippen LogP contribution in [0.2, 0.25) is 20.1 Å². The van der Waals surface area contributed by atoms with Gasteiger partial charge in [0.05, 0.1) is 21.0 Å². The molecule has 2 aromatic carbocycles. The molecule has 14 heteroatoms. The number of hydrogen-bond acceptors (Lipinski definition) is 2. The van der Waals surface area contributed by atoms with E-state index in [2.05, 4.69) is 5.32 Å². The van der Waals surface area contributed by atoms with Crippen LogP contribution in [0.3, 0.4) is 0 Å². The Morgan fingerprint density at radius 2 is 1.43 bits per heavy atom. The van der Waals surface area contributed by atoms with Crippen LogP contribution in [-0.2, 0) is 16.1 Å². The first-order valence-electron chi connectivity index (χ1n) is 9.39. The van der Waals surface area contributed by atoms with Gasteiger partial charge in [0.25, 0.3) is 0 Å². The first-order chi connectivity index (χ1) is 16.1. The molecule has 35 heavy (non-hydrogen) atoms. The van der Waals surface area contributed by atoms with Crippen molar-refractivity contribution >= 4 is 64.3 Å². The number of rotatable bonds is 6. The van der Waals surface area contributed by atoms with E-state index in [0.29, 0.717) is 0 Å². The van der Waals surface area contributed by atoms with Crippen molar-refractivity contribution in [2.24, 2.45) is 0 Å². The SMILES string of the molecule is O=C(NCc1ccc(C=CC(c2cc(Cl)c(Cl)c(Cl)c2)C(F)(F)F)cc1Cl)C(=O)NCC(F)(F)F. The summed E-state index contributed by atoms with van der Waals surface area (Å²) >= 11 is 23.6. The molecule has 0 saturated heterocycles. The number of halogens is 10. The van der Waals surface area contributed by atoms with Crippen molar-refractivity contribution < 1.29 is 35.9 Å². The Kier molecular flexibility index (Phi) is 9.75. The molecule has 2 amide bonds. The average Bonchev–Trinajstić information content (AvgIpc) is 2.73. The van der Waals surface area contributed by atoms with Crippen LogP contribution in [0.25, 0.3) is 6.08 Å². The van der Waals surface area contributed by atoms with Crippen molar-refractivity contribution in [1.29, 1.82) is 0 Å². The van der Waals surface area contributed by atoms with Crippen LogP contribution >= 0.6 is 46.4 Å². The van der Waals surface area contributed by atoms with E-state index in [1.807, 2.05) is 0 Å². The quantitative estimate of drug-likeness (QED) is 0.220. The molecular weight excluding hydrogens is 568 g/mol. The zero-order valence-electron chi connectivity index (χ0n) is 17.1. The summed E-state index contributed by atoms with van der Waals surface area (Å²) in [6, 6.07) is 6.18. The van der Waals surface area contributed by atoms with Gasteiger partial charge in [0.1, 0.15) is 6.54 Å². The van der Waals surface area contributed by atoms with Crippen molar-refractivity contribution in [3.63, 3.8) is 0 Å². The van der Waals surface area contributed by atoms with E-state index in [4.69, 9.17) is 46.4 Å². The van der Waals surface area contributed by atoms with E-state index in [-0.39, 0.29) is 43.3 Å². The molecule has 1 unspecified atom stereocenters. The number of hydrogen-bond donors (Lipinski definition) is 2. The molecule has 2 aromatic rings. The molecule has 0 aliphatic carbocycles. The number of nitrogens with one attached hydrogen (secondary N) is 2. The normalized spacial score (nSPS) is 13.1. The van der Waals surface area contributed by atoms with Crippen molar-refractivity contribution in [1.82, 2.24) is 10.6 Å². The van der Waals surface area contributed by atoms with Crippen LogP contribution in [0.5, 0.6) is 0 Å². The topological polar surface area (TPSA) is 58.2 Å². The van der Waals surface area contributed by atoms with Crippen molar-refractivity contribution in [2.45, 2.75) is 24.8 Å². The molecule has 0 aromatic heterocycles. The van der Waals surface area contributed by atoms with E-state index in [1.165, 1.54) is 23.5 Å². The number of alkyl halides is 6. The summed E-state index contributed by atoms with van der Waals surface area (Å²) in [6.45, 7) is -1.98. The largest absolute Gasteiger partial charge is 0.405 e. The Morgan fingerprint density at radius 1 is 0.857 bits per heavy atom. The lowest BCUT2D eigenvalue weighted by atomic mass is 9.97. The smallest absolute Gasteiger partial charge is 0.344 e. The lowest BCUT2D eigenvalue weighted by molar-refractivity contribution is -0.146. The number of amides is 2. The van der Waals surface area contributed by atoms with Gasteiger partial charge in [0.15, 0.2) is 0 Å². The van der Waals surface area contributed by atoms with E-state index >= 15 is 0 Å². The van der Waals surface area contributed by atoms with E-state index < -0.39 is 36.6 Å². The van der Waals surface area contributed by atoms with E-state index in [1.54, 1.807) is 0 Å². The van der Waals surface area contributed by atoms with Crippen LogP contribution in [0.4, 0.5) is 26.3 Å². The average molecular weight is 582 g/mol. The fraction of sp³-hybridized carbons (Fsp3) is 0.238. The molecule has 0 aliphatic rings. The molecule has 1 atom stereocenters. The Labute approximate surface area is 215 Å². The number of benzene rings is 2. The van der Waals surface area contributed by atoms with Gasteiger partial charge in [-0.15, -0.1) is 0 Å². The molecule has 0 fully saturated rings. The van der Waals surface area contributed by atoms with Crippen LogP contribution in [-0.4, -0.2) is 30.7 Å². The number of allylic oxidation sites excluding steroid dienone is 1. The molecule has 0 radical (unpaired) electrons. The standard InChI is InChI=1S/C21H14Cl4F6N2O2/c22-14-5-10(1-3-11(14)8-32-18(34)19(35)33-9-20(26,27)28)2-4-13(21(29,30)31)12-6-15(23)17(25)16(24)7-12/h1-7,13H,8-9H2,(H,32,34)(H,33,35). The minimum absolute atomic E-state index is 0.0318. The highest BCUT2D eigenvalue weighted by atomic mass is 35.5. The predicted molar refractivity (Wildman–Crippen MR) is 122 cm³/mol. The highest BCUT2D eigenvalue weighted by Gasteiger charge is 2.39. The maximum absolute atomic E-state index is 13.6. The van der Waals surface area contributed by atoms with E-state index in [0.717, 1.165) is 24.3 Å². The fourth-order valence-electron chi connectivity index (χ4n) is 2.70. The van der Waals surface area contributed by atoms with Crippen LogP contribution < -0.4 is 10.6 Å². The third-order valence-corrected chi connectivity index (χ3v) is 5.92. The molecule has 0 spiro atoms. The van der Waals surface area contributed by atoms with Crippen molar-refractivity contribution in [2.75, 3.05) is 6.54 Å². The van der Waals surface area contributed by atoms with Crippen molar-refractivity contribution in [3.8, 4) is 0 Å². The minimum atomic E-state index is -4.68. The Morgan fingerprint density at radius 3 is 1.94 bits per heavy atom. The van der Waals surface area contributed by atoms with Gasteiger partial charge in [-0.1, -0.05) is 70.7 Å². The molecule has 2 N–H and O–H groups in total. The van der Waals surface area contributed by atoms with Gasteiger partial charge < -0.3 is 10.6 Å². The maximum Gasteiger partial charge on any atom is 0.405 e. The minimum Gasteiger partial charge on any atom is -0.344 e. The summed E-state index contributed by atoms with van der Waals surface area (Å²) in [5.41, 5.74) is 0.306. The van der Waals surface area contributed by atoms with Gasteiger partial charge in [0.2, 0.25) is 0 Å². The third-order valence-electron chi connectivity index (χ3n) is 4.37. The van der Waals surface area contributed by atoms with Gasteiger partial charge in [-0.25, -0.2) is 0 Å². The summed E-state index contributed by atoms with van der Waals surface area (Å²) < 4.78 is 77.2. The predicted octanol–water partition coefficient (Wildman–Crippen LogP) is 6.95. The molecule has 0 bridgehead atoms. The second-order valence-corrected chi connectivity index (χ2v) is 8.61. The summed E-state index contributed by atoms with van der Waals surface area (Å²) in [7, 11) is 0. The Bertz CT molecular complexity index is 1110. The van der Waals surface area contributed by atoms with Gasteiger partial charge in [-0.3, -0.25) is 9.59 Å². The van der Waals surface area contributed by atoms with Gasteiger partial charge in [0, 0.05) is 11.6 Å². The fourth-order valence-corrected chi connectivity index (χ4v) is 3.57. The molecule has 190 valence electrons. The molecule has 0 saturated carbocycles. The lowest BCUT2D eigenvalue weighted by Gasteiger charge is -2.18. The first kappa shape index (κ1) is 29.1. The highest BCUT2D eigenvalue weighted by molar-refractivity contribution is 6.48. The number of carbonyl (C=O) groups is 2. The zero-order chi connectivity index (χ0) is 26.6. The first-order valence-corrected chi connectivity index (χ1v) is 10.9. The van der Waals surface area contributed by atoms with Crippen molar-refractivity contribution in [3.05, 3.63) is 73.2 Å². The summed E-state index contributed by atoms with van der Waals surface area (Å²) in [5, 5.41) is 3.18. The molecule has 0 heterocycles. The Hall–Kier alpha value is -2.14. The van der Waals surface area contributed by atoms with Gasteiger partial charge >= 0.3 is 24.2 Å². The van der Waals surface area contributed by atoms with Crippen LogP contribution in [0.1, 0.15) is 22.6 Å². The van der Waals surface area contributed by atoms with E-state index in [9.17, 15) is 35.9 Å².